The van der Waals surface area contributed by atoms with Gasteiger partial charge < -0.3 is 9.84 Å². The first-order valence-corrected chi connectivity index (χ1v) is 4.62. The Morgan fingerprint density at radius 3 is 2.82 bits per heavy atom. The fraction of sp³-hybridized carbons (Fsp3) is 1.00. The van der Waals surface area contributed by atoms with Crippen LogP contribution in [0.25, 0.3) is 0 Å². The Morgan fingerprint density at radius 1 is 1.55 bits per heavy atom. The maximum Gasteiger partial charge on any atom is 0.0834 e. The number of unbranched alkanes of at least 4 members (excludes halogenated alkanes) is 2. The average Bonchev–Trinajstić information content (AvgIpc) is 2.72. The lowest BCUT2D eigenvalue weighted by atomic mass is 10.1. The molecule has 1 rings (SSSR count). The van der Waals surface area contributed by atoms with E-state index in [4.69, 9.17) is 4.74 Å². The normalized spacial score (nSPS) is 25.1. The molecule has 66 valence electrons. The van der Waals surface area contributed by atoms with E-state index >= 15 is 0 Å². The van der Waals surface area contributed by atoms with Crippen molar-refractivity contribution in [1.29, 1.82) is 0 Å². The first-order chi connectivity index (χ1) is 5.33. The van der Waals surface area contributed by atoms with Crippen molar-refractivity contribution < 1.29 is 9.84 Å². The highest BCUT2D eigenvalue weighted by Crippen LogP contribution is 2.18. The molecule has 2 nitrogen and oxygen atoms in total. The molecule has 2 heteroatoms. The van der Waals surface area contributed by atoms with Gasteiger partial charge in [0, 0.05) is 6.42 Å². The van der Waals surface area contributed by atoms with E-state index in [1.165, 1.54) is 12.8 Å². The second kappa shape index (κ2) is 4.73. The Hall–Kier alpha value is -0.0800. The zero-order valence-electron chi connectivity index (χ0n) is 7.25. The highest BCUT2D eigenvalue weighted by atomic mass is 16.6. The molecule has 1 heterocycles. The maximum atomic E-state index is 9.41. The summed E-state index contributed by atoms with van der Waals surface area (Å²) in [4.78, 5) is 0. The number of aliphatic hydroxyl groups excluding tert-OH is 1. The van der Waals surface area contributed by atoms with Gasteiger partial charge in [-0.1, -0.05) is 26.2 Å². The van der Waals surface area contributed by atoms with Crippen molar-refractivity contribution >= 4 is 0 Å². The van der Waals surface area contributed by atoms with Crippen LogP contribution in [-0.2, 0) is 4.74 Å². The Balaban J connectivity index is 1.87. The molecule has 11 heavy (non-hydrogen) atoms. The Bertz CT molecular complexity index is 99.7. The van der Waals surface area contributed by atoms with Gasteiger partial charge in [-0.2, -0.15) is 0 Å². The summed E-state index contributed by atoms with van der Waals surface area (Å²) in [5, 5.41) is 9.41. The molecular formula is C9H18O2. The third kappa shape index (κ3) is 4.38. The molecule has 0 spiro atoms. The summed E-state index contributed by atoms with van der Waals surface area (Å²) in [6.45, 7) is 3.04. The van der Waals surface area contributed by atoms with Gasteiger partial charge in [-0.3, -0.25) is 0 Å². The second-order valence-corrected chi connectivity index (χ2v) is 3.34. The van der Waals surface area contributed by atoms with E-state index in [-0.39, 0.29) is 6.10 Å². The molecule has 0 aromatic rings. The lowest BCUT2D eigenvalue weighted by molar-refractivity contribution is 0.139. The molecule has 1 saturated heterocycles. The van der Waals surface area contributed by atoms with Gasteiger partial charge in [0.2, 0.25) is 0 Å². The molecule has 0 bridgehead atoms. The van der Waals surface area contributed by atoms with Crippen molar-refractivity contribution in [2.45, 2.75) is 51.2 Å². The van der Waals surface area contributed by atoms with Crippen LogP contribution < -0.4 is 0 Å². The topological polar surface area (TPSA) is 32.8 Å². The summed E-state index contributed by atoms with van der Waals surface area (Å²) in [7, 11) is 0. The number of hydrogen-bond donors (Lipinski definition) is 1. The van der Waals surface area contributed by atoms with E-state index in [1.807, 2.05) is 0 Å². The summed E-state index contributed by atoms with van der Waals surface area (Å²) in [5.74, 6) is 0. The number of rotatable bonds is 6. The molecular weight excluding hydrogens is 140 g/mol. The highest BCUT2D eigenvalue weighted by Gasteiger charge is 2.25. The fourth-order valence-corrected chi connectivity index (χ4v) is 1.26. The monoisotopic (exact) mass is 158 g/mol. The zero-order chi connectivity index (χ0) is 8.10. The van der Waals surface area contributed by atoms with Crippen LogP contribution in [0.2, 0.25) is 0 Å². The van der Waals surface area contributed by atoms with Crippen LogP contribution in [0.3, 0.4) is 0 Å². The van der Waals surface area contributed by atoms with Gasteiger partial charge in [-0.25, -0.2) is 0 Å². The number of ether oxygens (including phenoxy) is 1. The molecule has 1 N–H and O–H groups in total. The van der Waals surface area contributed by atoms with E-state index in [1.54, 1.807) is 0 Å². The maximum absolute atomic E-state index is 9.41. The Labute approximate surface area is 68.6 Å². The van der Waals surface area contributed by atoms with Gasteiger partial charge in [0.05, 0.1) is 18.8 Å². The van der Waals surface area contributed by atoms with E-state index < -0.39 is 0 Å². The van der Waals surface area contributed by atoms with Crippen molar-refractivity contribution in [3.8, 4) is 0 Å². The highest BCUT2D eigenvalue weighted by molar-refractivity contribution is 4.73. The van der Waals surface area contributed by atoms with Crippen LogP contribution >= 0.6 is 0 Å². The van der Waals surface area contributed by atoms with Crippen molar-refractivity contribution in [3.63, 3.8) is 0 Å². The SMILES string of the molecule is CCCCCC(O)CC1CO1. The molecule has 0 saturated carbocycles. The second-order valence-electron chi connectivity index (χ2n) is 3.34. The third-order valence-corrected chi connectivity index (χ3v) is 2.08. The van der Waals surface area contributed by atoms with Gasteiger partial charge in [-0.05, 0) is 6.42 Å². The smallest absolute Gasteiger partial charge is 0.0834 e. The van der Waals surface area contributed by atoms with E-state index in [2.05, 4.69) is 6.92 Å². The molecule has 0 aromatic heterocycles. The van der Waals surface area contributed by atoms with Crippen LogP contribution in [-0.4, -0.2) is 23.9 Å². The Kier molecular flexibility index (Phi) is 3.87. The van der Waals surface area contributed by atoms with Crippen molar-refractivity contribution in [2.24, 2.45) is 0 Å². The summed E-state index contributed by atoms with van der Waals surface area (Å²) in [6.07, 6.45) is 5.69. The fourth-order valence-electron chi connectivity index (χ4n) is 1.26. The third-order valence-electron chi connectivity index (χ3n) is 2.08. The lowest BCUT2D eigenvalue weighted by Crippen LogP contribution is -2.09. The molecule has 1 fully saturated rings. The average molecular weight is 158 g/mol. The molecule has 1 aliphatic heterocycles. The summed E-state index contributed by atoms with van der Waals surface area (Å²) < 4.78 is 5.03. The molecule has 2 atom stereocenters. The zero-order valence-corrected chi connectivity index (χ0v) is 7.25. The number of hydrogen-bond acceptors (Lipinski definition) is 2. The molecule has 0 radical (unpaired) electrons. The van der Waals surface area contributed by atoms with Crippen LogP contribution in [0.4, 0.5) is 0 Å². The molecule has 0 aromatic carbocycles. The Morgan fingerprint density at radius 2 is 2.27 bits per heavy atom. The van der Waals surface area contributed by atoms with Gasteiger partial charge in [0.25, 0.3) is 0 Å². The van der Waals surface area contributed by atoms with E-state index in [9.17, 15) is 5.11 Å². The predicted molar refractivity (Wildman–Crippen MR) is 44.5 cm³/mol. The minimum atomic E-state index is -0.117. The van der Waals surface area contributed by atoms with Crippen molar-refractivity contribution in [3.05, 3.63) is 0 Å². The van der Waals surface area contributed by atoms with Crippen molar-refractivity contribution in [2.75, 3.05) is 6.61 Å². The van der Waals surface area contributed by atoms with Gasteiger partial charge >= 0.3 is 0 Å². The first-order valence-electron chi connectivity index (χ1n) is 4.62. The quantitative estimate of drug-likeness (QED) is 0.471. The van der Waals surface area contributed by atoms with Crippen LogP contribution in [0.15, 0.2) is 0 Å². The predicted octanol–water partition coefficient (Wildman–Crippen LogP) is 1.72. The standard InChI is InChI=1S/C9H18O2/c1-2-3-4-5-8(10)6-9-7-11-9/h8-10H,2-7H2,1H3. The van der Waals surface area contributed by atoms with Crippen LogP contribution in [0, 0.1) is 0 Å². The summed E-state index contributed by atoms with van der Waals surface area (Å²) >= 11 is 0. The summed E-state index contributed by atoms with van der Waals surface area (Å²) in [6, 6.07) is 0. The number of aliphatic hydroxyl groups is 1. The first kappa shape index (κ1) is 9.01. The van der Waals surface area contributed by atoms with Crippen molar-refractivity contribution in [1.82, 2.24) is 0 Å². The van der Waals surface area contributed by atoms with Crippen LogP contribution in [0.1, 0.15) is 39.0 Å². The number of epoxide rings is 1. The molecule has 0 aliphatic carbocycles. The van der Waals surface area contributed by atoms with Crippen LogP contribution in [0.5, 0.6) is 0 Å². The van der Waals surface area contributed by atoms with Gasteiger partial charge in [-0.15, -0.1) is 0 Å². The molecule has 1 aliphatic rings. The molecule has 0 amide bonds. The summed E-state index contributed by atoms with van der Waals surface area (Å²) in [5.41, 5.74) is 0. The van der Waals surface area contributed by atoms with Gasteiger partial charge in [0.15, 0.2) is 0 Å². The molecule has 2 unspecified atom stereocenters. The van der Waals surface area contributed by atoms with Gasteiger partial charge in [0.1, 0.15) is 0 Å². The minimum Gasteiger partial charge on any atom is -0.393 e. The largest absolute Gasteiger partial charge is 0.393 e. The van der Waals surface area contributed by atoms with E-state index in [0.29, 0.717) is 6.10 Å². The van der Waals surface area contributed by atoms with E-state index in [0.717, 1.165) is 25.9 Å². The minimum absolute atomic E-state index is 0.117. The lowest BCUT2D eigenvalue weighted by Gasteiger charge is -2.06.